The minimum Gasteiger partial charge on any atom is -0.497 e. The predicted molar refractivity (Wildman–Crippen MR) is 142 cm³/mol. The molecule has 4 rings (SSSR count). The van der Waals surface area contributed by atoms with Crippen molar-refractivity contribution in [2.24, 2.45) is 0 Å². The Morgan fingerprint density at radius 2 is 1.72 bits per heavy atom. The van der Waals surface area contributed by atoms with Crippen LogP contribution in [0.25, 0.3) is 0 Å². The summed E-state index contributed by atoms with van der Waals surface area (Å²) >= 11 is 0. The molecular weight excluding hydrogens is 505 g/mol. The topological polar surface area (TPSA) is 105 Å². The third kappa shape index (κ3) is 5.59. The molecule has 3 aromatic carbocycles. The van der Waals surface area contributed by atoms with E-state index in [0.717, 1.165) is 4.90 Å². The molecule has 3 amide bonds. The maximum Gasteiger partial charge on any atom is 0.299 e. The van der Waals surface area contributed by atoms with Gasteiger partial charge in [-0.15, -0.1) is 0 Å². The van der Waals surface area contributed by atoms with Gasteiger partial charge in [0.2, 0.25) is 11.8 Å². The summed E-state index contributed by atoms with van der Waals surface area (Å²) < 4.78 is 25.2. The molecule has 1 aliphatic heterocycles. The Bertz CT molecular complexity index is 1430. The fraction of sp³-hybridized carbons (Fsp3) is 0.241. The highest BCUT2D eigenvalue weighted by atomic mass is 19.1. The van der Waals surface area contributed by atoms with Crippen LogP contribution in [0, 0.1) is 5.82 Å². The standard InChI is InChI=1S/C29H28FN3O6/c1-4-23(28(36)31-22-14-13-19(38-2)15-25(22)39-3)32(16-18-9-5-7-11-21(18)30)26(34)17-33-24-12-8-6-10-20(24)27(35)29(33)37/h5-15,23H,4,16-17H2,1-3H3,(H,31,36). The van der Waals surface area contributed by atoms with Crippen LogP contribution in [0.1, 0.15) is 29.3 Å². The number of benzene rings is 3. The number of hydrogen-bond donors (Lipinski definition) is 1. The Hall–Kier alpha value is -4.73. The molecule has 0 radical (unpaired) electrons. The normalized spacial score (nSPS) is 13.1. The SMILES string of the molecule is CCC(C(=O)Nc1ccc(OC)cc1OC)N(Cc1ccccc1F)C(=O)CN1C(=O)C(=O)c2ccccc21. The molecule has 3 aromatic rings. The second-order valence-electron chi connectivity index (χ2n) is 8.83. The van der Waals surface area contributed by atoms with E-state index in [9.17, 15) is 23.6 Å². The molecule has 0 spiro atoms. The highest BCUT2D eigenvalue weighted by molar-refractivity contribution is 6.52. The number of amides is 3. The average Bonchev–Trinajstić information content (AvgIpc) is 3.18. The molecule has 0 aromatic heterocycles. The van der Waals surface area contributed by atoms with Crippen LogP contribution in [0.3, 0.4) is 0 Å². The zero-order valence-corrected chi connectivity index (χ0v) is 21.8. The van der Waals surface area contributed by atoms with Crippen LogP contribution in [0.2, 0.25) is 0 Å². The lowest BCUT2D eigenvalue weighted by atomic mass is 10.1. The molecule has 1 N–H and O–H groups in total. The maximum atomic E-state index is 14.6. The van der Waals surface area contributed by atoms with E-state index in [1.807, 2.05) is 0 Å². The van der Waals surface area contributed by atoms with E-state index in [1.165, 1.54) is 43.4 Å². The van der Waals surface area contributed by atoms with Gasteiger partial charge in [-0.1, -0.05) is 37.3 Å². The fourth-order valence-corrected chi connectivity index (χ4v) is 4.48. The van der Waals surface area contributed by atoms with Gasteiger partial charge < -0.3 is 19.7 Å². The molecule has 1 heterocycles. The summed E-state index contributed by atoms with van der Waals surface area (Å²) in [4.78, 5) is 54.7. The Labute approximate surface area is 225 Å². The number of para-hydroxylation sites is 1. The van der Waals surface area contributed by atoms with Gasteiger partial charge in [0, 0.05) is 18.2 Å². The quantitative estimate of drug-likeness (QED) is 0.398. The third-order valence-corrected chi connectivity index (χ3v) is 6.52. The van der Waals surface area contributed by atoms with Gasteiger partial charge >= 0.3 is 0 Å². The smallest absolute Gasteiger partial charge is 0.299 e. The molecule has 0 aliphatic carbocycles. The number of carbonyl (C=O) groups is 4. The van der Waals surface area contributed by atoms with Gasteiger partial charge in [0.15, 0.2) is 0 Å². The molecule has 0 bridgehead atoms. The van der Waals surface area contributed by atoms with Gasteiger partial charge in [0.05, 0.1) is 31.2 Å². The Morgan fingerprint density at radius 3 is 2.41 bits per heavy atom. The predicted octanol–water partition coefficient (Wildman–Crippen LogP) is 3.82. The number of ketones is 1. The van der Waals surface area contributed by atoms with Gasteiger partial charge in [0.1, 0.15) is 29.9 Å². The third-order valence-electron chi connectivity index (χ3n) is 6.52. The number of rotatable bonds is 10. The summed E-state index contributed by atoms with van der Waals surface area (Å²) in [7, 11) is 2.95. The molecule has 0 fully saturated rings. The van der Waals surface area contributed by atoms with Crippen LogP contribution >= 0.6 is 0 Å². The first-order valence-corrected chi connectivity index (χ1v) is 12.3. The van der Waals surface area contributed by atoms with E-state index >= 15 is 0 Å². The summed E-state index contributed by atoms with van der Waals surface area (Å²) in [6.45, 7) is 0.997. The van der Waals surface area contributed by atoms with Crippen molar-refractivity contribution in [2.75, 3.05) is 31.0 Å². The van der Waals surface area contributed by atoms with Crippen LogP contribution in [0.5, 0.6) is 11.5 Å². The van der Waals surface area contributed by atoms with Gasteiger partial charge in [-0.2, -0.15) is 0 Å². The molecule has 0 saturated carbocycles. The molecule has 1 atom stereocenters. The Kier molecular flexibility index (Phi) is 8.24. The first-order chi connectivity index (χ1) is 18.8. The summed E-state index contributed by atoms with van der Waals surface area (Å²) in [6.07, 6.45) is 0.188. The zero-order chi connectivity index (χ0) is 28.1. The maximum absolute atomic E-state index is 14.6. The van der Waals surface area contributed by atoms with Gasteiger partial charge in [-0.05, 0) is 36.8 Å². The minimum absolute atomic E-state index is 0.188. The number of carbonyl (C=O) groups excluding carboxylic acids is 4. The number of fused-ring (bicyclic) bond motifs is 1. The Morgan fingerprint density at radius 1 is 1.00 bits per heavy atom. The number of nitrogens with zero attached hydrogens (tertiary/aromatic N) is 2. The van der Waals surface area contributed by atoms with Crippen LogP contribution in [-0.2, 0) is 20.9 Å². The summed E-state index contributed by atoms with van der Waals surface area (Å²) in [5.41, 5.74) is 1.07. The minimum atomic E-state index is -1.03. The molecule has 1 unspecified atom stereocenters. The molecule has 202 valence electrons. The largest absolute Gasteiger partial charge is 0.497 e. The summed E-state index contributed by atoms with van der Waals surface area (Å²) in [5.74, 6) is -2.37. The van der Waals surface area contributed by atoms with E-state index in [1.54, 1.807) is 49.4 Å². The lowest BCUT2D eigenvalue weighted by molar-refractivity contribution is -0.138. The van der Waals surface area contributed by atoms with Crippen molar-refractivity contribution in [2.45, 2.75) is 25.9 Å². The highest BCUT2D eigenvalue weighted by Gasteiger charge is 2.39. The number of methoxy groups -OCH3 is 2. The van der Waals surface area contributed by atoms with Crippen LogP contribution in [0.15, 0.2) is 66.7 Å². The second kappa shape index (κ2) is 11.8. The number of hydrogen-bond acceptors (Lipinski definition) is 6. The lowest BCUT2D eigenvalue weighted by Gasteiger charge is -2.32. The monoisotopic (exact) mass is 533 g/mol. The van der Waals surface area contributed by atoms with Crippen molar-refractivity contribution in [3.8, 4) is 11.5 Å². The molecular formula is C29H28FN3O6. The summed E-state index contributed by atoms with van der Waals surface area (Å²) in [5, 5.41) is 2.78. The summed E-state index contributed by atoms with van der Waals surface area (Å²) in [6, 6.07) is 16.1. The number of ether oxygens (including phenoxy) is 2. The molecule has 39 heavy (non-hydrogen) atoms. The lowest BCUT2D eigenvalue weighted by Crippen LogP contribution is -2.50. The van der Waals surface area contributed by atoms with Crippen molar-refractivity contribution in [1.82, 2.24) is 4.90 Å². The van der Waals surface area contributed by atoms with E-state index < -0.39 is 41.9 Å². The number of halogens is 1. The molecule has 10 heteroatoms. The van der Waals surface area contributed by atoms with Crippen LogP contribution < -0.4 is 19.7 Å². The zero-order valence-electron chi connectivity index (χ0n) is 21.8. The Balaban J connectivity index is 1.65. The van der Waals surface area contributed by atoms with Crippen molar-refractivity contribution in [1.29, 1.82) is 0 Å². The van der Waals surface area contributed by atoms with Crippen LogP contribution in [-0.4, -0.2) is 55.2 Å². The average molecular weight is 534 g/mol. The van der Waals surface area contributed by atoms with Crippen molar-refractivity contribution in [3.63, 3.8) is 0 Å². The first kappa shape index (κ1) is 27.3. The molecule has 0 saturated heterocycles. The van der Waals surface area contributed by atoms with E-state index in [0.29, 0.717) is 22.9 Å². The van der Waals surface area contributed by atoms with Gasteiger partial charge in [-0.3, -0.25) is 24.1 Å². The fourth-order valence-electron chi connectivity index (χ4n) is 4.48. The van der Waals surface area contributed by atoms with Crippen molar-refractivity contribution in [3.05, 3.63) is 83.7 Å². The van der Waals surface area contributed by atoms with Crippen molar-refractivity contribution >= 4 is 34.9 Å². The molecule has 9 nitrogen and oxygen atoms in total. The van der Waals surface area contributed by atoms with Crippen LogP contribution in [0.4, 0.5) is 15.8 Å². The second-order valence-corrected chi connectivity index (χ2v) is 8.83. The molecule has 1 aliphatic rings. The highest BCUT2D eigenvalue weighted by Crippen LogP contribution is 2.31. The van der Waals surface area contributed by atoms with E-state index in [2.05, 4.69) is 5.32 Å². The number of anilines is 2. The number of nitrogens with one attached hydrogen (secondary N) is 1. The van der Waals surface area contributed by atoms with Crippen molar-refractivity contribution < 1.29 is 33.0 Å². The van der Waals surface area contributed by atoms with Gasteiger partial charge in [0.25, 0.3) is 11.7 Å². The van der Waals surface area contributed by atoms with Gasteiger partial charge in [-0.25, -0.2) is 4.39 Å². The first-order valence-electron chi connectivity index (χ1n) is 12.3. The van der Waals surface area contributed by atoms with E-state index in [4.69, 9.17) is 9.47 Å². The van der Waals surface area contributed by atoms with E-state index in [-0.39, 0.29) is 24.1 Å². The number of Topliss-reactive ketones (excluding diaryl/α,β-unsaturated/α-hetero) is 1.